The lowest BCUT2D eigenvalue weighted by atomic mass is 10.2. The average Bonchev–Trinajstić information content (AvgIpc) is 2.37. The van der Waals surface area contributed by atoms with E-state index >= 15 is 0 Å². The Hall–Kier alpha value is -1.43. The normalized spacial score (nSPS) is 11.4. The highest BCUT2D eigenvalue weighted by molar-refractivity contribution is 5.54. The van der Waals surface area contributed by atoms with Crippen LogP contribution in [0.2, 0.25) is 0 Å². The summed E-state index contributed by atoms with van der Waals surface area (Å²) in [6.45, 7) is 5.70. The Labute approximate surface area is 111 Å². The minimum Gasteiger partial charge on any atom is -0.383 e. The molecule has 0 aliphatic rings. The molecule has 0 aromatic heterocycles. The predicted molar refractivity (Wildman–Crippen MR) is 70.5 cm³/mol. The minimum atomic E-state index is -4.56. The molecule has 0 spiro atoms. The van der Waals surface area contributed by atoms with Crippen LogP contribution in [0.15, 0.2) is 24.3 Å². The van der Waals surface area contributed by atoms with Gasteiger partial charge in [0.2, 0.25) is 0 Å². The van der Waals surface area contributed by atoms with Crippen molar-refractivity contribution in [2.45, 2.75) is 20.2 Å². The van der Waals surface area contributed by atoms with E-state index in [1.54, 1.807) is 0 Å². The molecule has 1 N–H and O–H groups in total. The molecule has 0 atom stereocenters. The first-order valence-corrected chi connectivity index (χ1v) is 6.25. The average molecular weight is 276 g/mol. The van der Waals surface area contributed by atoms with Crippen LogP contribution < -0.4 is 10.2 Å². The molecule has 0 fully saturated rings. The Morgan fingerprint density at radius 2 is 1.68 bits per heavy atom. The number of ether oxygens (including phenoxy) is 1. The van der Waals surface area contributed by atoms with Gasteiger partial charge >= 0.3 is 6.36 Å². The second-order valence-electron chi connectivity index (χ2n) is 3.94. The van der Waals surface area contributed by atoms with Crippen LogP contribution in [0.4, 0.5) is 24.5 Å². The summed E-state index contributed by atoms with van der Waals surface area (Å²) in [5.41, 5.74) is 1.88. The van der Waals surface area contributed by atoms with Crippen molar-refractivity contribution in [1.82, 2.24) is 0 Å². The summed E-state index contributed by atoms with van der Waals surface area (Å²) in [4.78, 5) is 2.19. The van der Waals surface area contributed by atoms with Gasteiger partial charge in [-0.3, -0.25) is 4.74 Å². The number of hydrogen-bond donors (Lipinski definition) is 1. The van der Waals surface area contributed by atoms with E-state index in [2.05, 4.69) is 28.8 Å². The molecule has 0 saturated heterocycles. The van der Waals surface area contributed by atoms with E-state index in [1.165, 1.54) is 0 Å². The van der Waals surface area contributed by atoms with Crippen molar-refractivity contribution in [2.24, 2.45) is 0 Å². The molecule has 0 aliphatic heterocycles. The van der Waals surface area contributed by atoms with Crippen molar-refractivity contribution in [3.63, 3.8) is 0 Å². The predicted octanol–water partition coefficient (Wildman–Crippen LogP) is 3.48. The van der Waals surface area contributed by atoms with Gasteiger partial charge in [-0.15, -0.1) is 13.2 Å². The molecule has 0 amide bonds. The molecule has 6 heteroatoms. The second kappa shape index (κ2) is 7.23. The molecular formula is C13H19F3N2O. The van der Waals surface area contributed by atoms with Crippen LogP contribution in [-0.4, -0.2) is 32.6 Å². The van der Waals surface area contributed by atoms with Crippen LogP contribution in [0, 0.1) is 0 Å². The van der Waals surface area contributed by atoms with E-state index in [-0.39, 0.29) is 6.54 Å². The molecule has 19 heavy (non-hydrogen) atoms. The number of nitrogens with one attached hydrogen (secondary N) is 1. The molecule has 0 heterocycles. The number of rotatable bonds is 7. The lowest BCUT2D eigenvalue weighted by Gasteiger charge is -2.21. The third-order valence-electron chi connectivity index (χ3n) is 2.69. The lowest BCUT2D eigenvalue weighted by Crippen LogP contribution is -2.21. The standard InChI is InChI=1S/C13H19F3N2O/c1-3-18(4-2)12-7-5-11(6-8-12)17-9-10-19-13(14,15)16/h5-8,17H,3-4,9-10H2,1-2H3. The van der Waals surface area contributed by atoms with E-state index in [1.807, 2.05) is 24.3 Å². The molecule has 1 rings (SSSR count). The molecule has 0 aliphatic carbocycles. The van der Waals surface area contributed by atoms with Gasteiger partial charge in [-0.25, -0.2) is 0 Å². The van der Waals surface area contributed by atoms with Gasteiger partial charge in [-0.2, -0.15) is 0 Å². The van der Waals surface area contributed by atoms with Crippen LogP contribution in [0.25, 0.3) is 0 Å². The molecule has 0 radical (unpaired) electrons. The molecule has 1 aromatic rings. The minimum absolute atomic E-state index is 0.115. The van der Waals surface area contributed by atoms with E-state index in [0.717, 1.165) is 24.5 Å². The van der Waals surface area contributed by atoms with Gasteiger partial charge in [0.05, 0.1) is 6.61 Å². The first-order valence-electron chi connectivity index (χ1n) is 6.25. The number of benzene rings is 1. The Morgan fingerprint density at radius 1 is 1.11 bits per heavy atom. The molecule has 3 nitrogen and oxygen atoms in total. The number of nitrogens with zero attached hydrogens (tertiary/aromatic N) is 1. The van der Waals surface area contributed by atoms with Gasteiger partial charge < -0.3 is 10.2 Å². The van der Waals surface area contributed by atoms with Gasteiger partial charge in [-0.1, -0.05) is 0 Å². The fraction of sp³-hybridized carbons (Fsp3) is 0.538. The highest BCUT2D eigenvalue weighted by Crippen LogP contribution is 2.18. The maximum absolute atomic E-state index is 11.7. The Bertz CT molecular complexity index is 361. The quantitative estimate of drug-likeness (QED) is 0.772. The number of hydrogen-bond acceptors (Lipinski definition) is 3. The third-order valence-corrected chi connectivity index (χ3v) is 2.69. The largest absolute Gasteiger partial charge is 0.522 e. The van der Waals surface area contributed by atoms with Crippen LogP contribution >= 0.6 is 0 Å². The summed E-state index contributed by atoms with van der Waals surface area (Å²) in [7, 11) is 0. The maximum atomic E-state index is 11.7. The van der Waals surface area contributed by atoms with Gasteiger partial charge in [0.1, 0.15) is 0 Å². The van der Waals surface area contributed by atoms with Gasteiger partial charge in [0.25, 0.3) is 0 Å². The van der Waals surface area contributed by atoms with E-state index in [9.17, 15) is 13.2 Å². The summed E-state index contributed by atoms with van der Waals surface area (Å²) in [5.74, 6) is 0. The zero-order valence-electron chi connectivity index (χ0n) is 11.1. The highest BCUT2D eigenvalue weighted by Gasteiger charge is 2.28. The smallest absolute Gasteiger partial charge is 0.383 e. The van der Waals surface area contributed by atoms with Crippen molar-refractivity contribution in [3.8, 4) is 0 Å². The van der Waals surface area contributed by atoms with E-state index < -0.39 is 13.0 Å². The first kappa shape index (κ1) is 15.6. The summed E-state index contributed by atoms with van der Waals surface area (Å²) in [6, 6.07) is 7.59. The molecule has 1 aromatic carbocycles. The van der Waals surface area contributed by atoms with Crippen molar-refractivity contribution in [3.05, 3.63) is 24.3 Å². The van der Waals surface area contributed by atoms with Crippen LogP contribution in [0.5, 0.6) is 0 Å². The Morgan fingerprint density at radius 3 is 2.16 bits per heavy atom. The van der Waals surface area contributed by atoms with Crippen molar-refractivity contribution in [1.29, 1.82) is 0 Å². The van der Waals surface area contributed by atoms with Crippen molar-refractivity contribution >= 4 is 11.4 Å². The van der Waals surface area contributed by atoms with Gasteiger partial charge in [0.15, 0.2) is 0 Å². The second-order valence-corrected chi connectivity index (χ2v) is 3.94. The monoisotopic (exact) mass is 276 g/mol. The Balaban J connectivity index is 2.40. The van der Waals surface area contributed by atoms with Crippen LogP contribution in [0.1, 0.15) is 13.8 Å². The summed E-state index contributed by atoms with van der Waals surface area (Å²) in [6.07, 6.45) is -4.56. The molecule has 0 bridgehead atoms. The van der Waals surface area contributed by atoms with Crippen LogP contribution in [-0.2, 0) is 4.74 Å². The van der Waals surface area contributed by atoms with Crippen molar-refractivity contribution < 1.29 is 17.9 Å². The fourth-order valence-electron chi connectivity index (χ4n) is 1.74. The summed E-state index contributed by atoms with van der Waals surface area (Å²) >= 11 is 0. The highest BCUT2D eigenvalue weighted by atomic mass is 19.4. The molecule has 108 valence electrons. The zero-order chi connectivity index (χ0) is 14.3. The van der Waals surface area contributed by atoms with E-state index in [4.69, 9.17) is 0 Å². The third kappa shape index (κ3) is 5.83. The number of alkyl halides is 3. The van der Waals surface area contributed by atoms with Gasteiger partial charge in [-0.05, 0) is 38.1 Å². The first-order chi connectivity index (χ1) is 8.96. The Kier molecular flexibility index (Phi) is 5.95. The van der Waals surface area contributed by atoms with Crippen LogP contribution in [0.3, 0.4) is 0 Å². The summed E-state index contributed by atoms with van der Waals surface area (Å²) in [5, 5.41) is 2.88. The molecule has 0 unspecified atom stereocenters. The number of halogens is 3. The zero-order valence-corrected chi connectivity index (χ0v) is 11.1. The van der Waals surface area contributed by atoms with Crippen molar-refractivity contribution in [2.75, 3.05) is 36.5 Å². The van der Waals surface area contributed by atoms with Gasteiger partial charge in [0, 0.05) is 31.0 Å². The topological polar surface area (TPSA) is 24.5 Å². The maximum Gasteiger partial charge on any atom is 0.522 e. The fourth-order valence-corrected chi connectivity index (χ4v) is 1.74. The number of anilines is 2. The van der Waals surface area contributed by atoms with E-state index in [0.29, 0.717) is 0 Å². The summed E-state index contributed by atoms with van der Waals surface area (Å²) < 4.78 is 38.9. The molecular weight excluding hydrogens is 257 g/mol. The lowest BCUT2D eigenvalue weighted by molar-refractivity contribution is -0.322. The molecule has 0 saturated carbocycles. The SMILES string of the molecule is CCN(CC)c1ccc(NCCOC(F)(F)F)cc1.